The van der Waals surface area contributed by atoms with E-state index in [0.29, 0.717) is 17.4 Å². The Bertz CT molecular complexity index is 905. The largest absolute Gasteiger partial charge is 0.498 e. The van der Waals surface area contributed by atoms with Crippen LogP contribution in [0.25, 0.3) is 0 Å². The summed E-state index contributed by atoms with van der Waals surface area (Å²) in [5.41, 5.74) is 0. The Morgan fingerprint density at radius 3 is 1.45 bits per heavy atom. The second-order valence-electron chi connectivity index (χ2n) is 16.1. The number of quaternary nitrogens is 1. The second-order valence-corrected chi connectivity index (χ2v) is 17.6. The van der Waals surface area contributed by atoms with E-state index in [1.807, 2.05) is 27.2 Å². The van der Waals surface area contributed by atoms with Gasteiger partial charge in [0.2, 0.25) is 0 Å². The molecule has 0 amide bonds. The van der Waals surface area contributed by atoms with Crippen LogP contribution in [0.5, 0.6) is 0 Å². The van der Waals surface area contributed by atoms with Crippen molar-refractivity contribution >= 4 is 13.8 Å². The zero-order valence-corrected chi connectivity index (χ0v) is 36.4. The maximum absolute atomic E-state index is 12.7. The number of nitrogens with zero attached hydrogens (tertiary/aromatic N) is 1. The van der Waals surface area contributed by atoms with Crippen LogP contribution in [-0.2, 0) is 27.9 Å². The smallest absolute Gasteiger partial charge is 0.472 e. The summed E-state index contributed by atoms with van der Waals surface area (Å²) in [6.07, 6.45) is 43.0. The molecule has 0 aromatic heterocycles. The first-order valence-corrected chi connectivity index (χ1v) is 23.6. The minimum Gasteiger partial charge on any atom is -0.498 e. The number of rotatable bonds is 41. The van der Waals surface area contributed by atoms with Crippen molar-refractivity contribution in [2.45, 2.75) is 206 Å². The predicted octanol–water partition coefficient (Wildman–Crippen LogP) is 13.2. The molecule has 1 unspecified atom stereocenters. The molecular formula is C44H87NO7P+. The molecule has 2 atom stereocenters. The fourth-order valence-electron chi connectivity index (χ4n) is 6.10. The van der Waals surface area contributed by atoms with E-state index >= 15 is 0 Å². The normalized spacial score (nSPS) is 13.9. The molecule has 314 valence electrons. The molecule has 0 saturated carbocycles. The van der Waals surface area contributed by atoms with Crippen molar-refractivity contribution in [3.05, 3.63) is 24.5 Å². The lowest BCUT2D eigenvalue weighted by Crippen LogP contribution is -2.37. The van der Waals surface area contributed by atoms with Gasteiger partial charge >= 0.3 is 13.8 Å². The third-order valence-electron chi connectivity index (χ3n) is 9.58. The highest BCUT2D eigenvalue weighted by Crippen LogP contribution is 2.43. The number of likely N-dealkylation sites (N-methyl/N-ethyl adjacent to an activating group) is 1. The number of phosphoric acid groups is 1. The van der Waals surface area contributed by atoms with Crippen LogP contribution in [0.2, 0.25) is 0 Å². The van der Waals surface area contributed by atoms with E-state index < -0.39 is 13.9 Å². The maximum Gasteiger partial charge on any atom is 0.472 e. The molecule has 8 nitrogen and oxygen atoms in total. The lowest BCUT2D eigenvalue weighted by Gasteiger charge is -2.24. The number of unbranched alkanes of at least 4 members (excludes halogenated alkanes) is 25. The molecule has 0 aliphatic rings. The van der Waals surface area contributed by atoms with E-state index in [0.717, 1.165) is 44.9 Å². The van der Waals surface area contributed by atoms with Gasteiger partial charge in [0.05, 0.1) is 34.0 Å². The van der Waals surface area contributed by atoms with Gasteiger partial charge in [-0.05, 0) is 51.0 Å². The first-order valence-electron chi connectivity index (χ1n) is 22.1. The van der Waals surface area contributed by atoms with Gasteiger partial charge in [-0.1, -0.05) is 161 Å². The standard InChI is InChI=1S/C44H86NO7P/c1-6-8-10-12-14-16-18-20-22-24-26-28-30-32-34-36-39-49-41-43(42-51-53(47,48)50-40-38-45(3,4)5)52-44(46)37-35-33-31-29-27-25-23-21-19-17-15-13-11-9-7-2/h25,27,36,39,43H,6-24,26,28-35,37-38,40-42H2,1-5H3/p+1/b27-25+,39-36+/t43-/m1/s1. The molecule has 0 aliphatic carbocycles. The summed E-state index contributed by atoms with van der Waals surface area (Å²) in [6, 6.07) is 0. The molecule has 0 spiro atoms. The molecule has 1 N–H and O–H groups in total. The summed E-state index contributed by atoms with van der Waals surface area (Å²) in [6.45, 7) is 4.93. The Morgan fingerprint density at radius 1 is 0.585 bits per heavy atom. The summed E-state index contributed by atoms with van der Waals surface area (Å²) < 4.78 is 34.7. The number of carbonyl (C=O) groups is 1. The Balaban J connectivity index is 4.29. The van der Waals surface area contributed by atoms with Crippen molar-refractivity contribution in [2.24, 2.45) is 0 Å². The summed E-state index contributed by atoms with van der Waals surface area (Å²) in [5.74, 6) is -0.349. The molecular weight excluding hydrogens is 685 g/mol. The van der Waals surface area contributed by atoms with Gasteiger partial charge in [0, 0.05) is 6.42 Å². The van der Waals surface area contributed by atoms with E-state index in [9.17, 15) is 14.3 Å². The molecule has 0 radical (unpaired) electrons. The summed E-state index contributed by atoms with van der Waals surface area (Å²) >= 11 is 0. The zero-order chi connectivity index (χ0) is 39.1. The highest BCUT2D eigenvalue weighted by atomic mass is 31.2. The third-order valence-corrected chi connectivity index (χ3v) is 10.6. The Hall–Kier alpha value is -1.18. The van der Waals surface area contributed by atoms with Crippen LogP contribution in [-0.4, -0.2) is 69.0 Å². The van der Waals surface area contributed by atoms with E-state index in [1.165, 1.54) is 135 Å². The fraction of sp³-hybridized carbons (Fsp3) is 0.886. The maximum atomic E-state index is 12.7. The summed E-state index contributed by atoms with van der Waals surface area (Å²) in [7, 11) is 1.63. The van der Waals surface area contributed by atoms with Crippen molar-refractivity contribution in [1.82, 2.24) is 0 Å². The number of ether oxygens (including phenoxy) is 2. The van der Waals surface area contributed by atoms with Crippen molar-refractivity contribution in [3.63, 3.8) is 0 Å². The van der Waals surface area contributed by atoms with Gasteiger partial charge in [-0.2, -0.15) is 0 Å². The van der Waals surface area contributed by atoms with Gasteiger partial charge in [0.25, 0.3) is 0 Å². The van der Waals surface area contributed by atoms with Crippen molar-refractivity contribution in [3.8, 4) is 0 Å². The molecule has 0 aromatic carbocycles. The fourth-order valence-corrected chi connectivity index (χ4v) is 6.84. The lowest BCUT2D eigenvalue weighted by molar-refractivity contribution is -0.870. The van der Waals surface area contributed by atoms with Gasteiger partial charge < -0.3 is 18.9 Å². The predicted molar refractivity (Wildman–Crippen MR) is 224 cm³/mol. The molecule has 0 rings (SSSR count). The zero-order valence-electron chi connectivity index (χ0n) is 35.5. The van der Waals surface area contributed by atoms with E-state index in [4.69, 9.17) is 18.5 Å². The van der Waals surface area contributed by atoms with Gasteiger partial charge in [-0.25, -0.2) is 4.57 Å². The molecule has 0 heterocycles. The number of carbonyl (C=O) groups excluding carboxylic acids is 1. The minimum absolute atomic E-state index is 0.0452. The number of hydrogen-bond acceptors (Lipinski definition) is 6. The monoisotopic (exact) mass is 773 g/mol. The molecule has 0 fully saturated rings. The van der Waals surface area contributed by atoms with Crippen molar-refractivity contribution in [1.29, 1.82) is 0 Å². The Morgan fingerprint density at radius 2 is 1.00 bits per heavy atom. The molecule has 0 aromatic rings. The minimum atomic E-state index is -4.29. The number of esters is 1. The van der Waals surface area contributed by atoms with Crippen LogP contribution >= 0.6 is 7.82 Å². The molecule has 0 bridgehead atoms. The topological polar surface area (TPSA) is 91.3 Å². The lowest BCUT2D eigenvalue weighted by atomic mass is 10.0. The van der Waals surface area contributed by atoms with Gasteiger partial charge in [-0.15, -0.1) is 0 Å². The quantitative estimate of drug-likeness (QED) is 0.0165. The van der Waals surface area contributed by atoms with Crippen LogP contribution in [0, 0.1) is 0 Å². The van der Waals surface area contributed by atoms with Crippen LogP contribution in [0.1, 0.15) is 200 Å². The van der Waals surface area contributed by atoms with Crippen LogP contribution in [0.15, 0.2) is 24.5 Å². The molecule has 0 aliphatic heterocycles. The second kappa shape index (κ2) is 37.7. The number of phosphoric ester groups is 1. The SMILES string of the molecule is CCCCCCCCCC/C=C/CCCCCC(=O)O[C@H](CO/C=C/CCCCCCCCCCCCCCCC)COP(=O)(O)OCC[N+](C)(C)C. The van der Waals surface area contributed by atoms with Gasteiger partial charge in [0.15, 0.2) is 6.10 Å². The van der Waals surface area contributed by atoms with Crippen LogP contribution < -0.4 is 0 Å². The molecule has 0 saturated heterocycles. The Labute approximate surface area is 328 Å². The number of hydrogen-bond donors (Lipinski definition) is 1. The first-order chi connectivity index (χ1) is 25.6. The summed E-state index contributed by atoms with van der Waals surface area (Å²) in [5, 5.41) is 0. The Kier molecular flexibility index (Phi) is 36.9. The average Bonchev–Trinajstić information content (AvgIpc) is 3.11. The van der Waals surface area contributed by atoms with Crippen LogP contribution in [0.3, 0.4) is 0 Å². The average molecular weight is 773 g/mol. The third kappa shape index (κ3) is 41.8. The first kappa shape index (κ1) is 51.8. The molecule has 53 heavy (non-hydrogen) atoms. The van der Waals surface area contributed by atoms with Gasteiger partial charge in [0.1, 0.15) is 19.8 Å². The van der Waals surface area contributed by atoms with E-state index in [2.05, 4.69) is 26.0 Å². The van der Waals surface area contributed by atoms with Crippen molar-refractivity contribution < 1.29 is 37.3 Å². The van der Waals surface area contributed by atoms with E-state index in [1.54, 1.807) is 6.26 Å². The highest BCUT2D eigenvalue weighted by molar-refractivity contribution is 7.47. The summed E-state index contributed by atoms with van der Waals surface area (Å²) in [4.78, 5) is 22.8. The van der Waals surface area contributed by atoms with E-state index in [-0.39, 0.29) is 25.8 Å². The van der Waals surface area contributed by atoms with Crippen LogP contribution in [0.4, 0.5) is 0 Å². The molecule has 9 heteroatoms. The highest BCUT2D eigenvalue weighted by Gasteiger charge is 2.26. The van der Waals surface area contributed by atoms with Crippen molar-refractivity contribution in [2.75, 3.05) is 47.5 Å². The van der Waals surface area contributed by atoms with Gasteiger partial charge in [-0.3, -0.25) is 13.8 Å². The number of allylic oxidation sites excluding steroid dienone is 3.